The average Bonchev–Trinajstić information content (AvgIpc) is 3.34. The van der Waals surface area contributed by atoms with Gasteiger partial charge in [-0.1, -0.05) is 17.7 Å². The molecule has 1 fully saturated rings. The first-order valence-electron chi connectivity index (χ1n) is 13.0. The number of rotatable bonds is 7. The van der Waals surface area contributed by atoms with Crippen LogP contribution < -0.4 is 20.1 Å². The number of aryl methyl sites for hydroxylation is 1. The molecule has 0 aliphatic carbocycles. The molecule has 2 aromatic carbocycles. The van der Waals surface area contributed by atoms with Crippen molar-refractivity contribution in [3.63, 3.8) is 0 Å². The summed E-state index contributed by atoms with van der Waals surface area (Å²) in [5.74, 6) is -0.768. The van der Waals surface area contributed by atoms with Gasteiger partial charge >= 0.3 is 6.18 Å². The van der Waals surface area contributed by atoms with Crippen molar-refractivity contribution < 1.29 is 32.2 Å². The van der Waals surface area contributed by atoms with E-state index in [1.165, 1.54) is 19.2 Å². The molecule has 2 aliphatic rings. The maximum absolute atomic E-state index is 13.9. The number of anilines is 2. The fourth-order valence-electron chi connectivity index (χ4n) is 4.97. The fourth-order valence-corrected chi connectivity index (χ4v) is 5.22. The Kier molecular flexibility index (Phi) is 8.25. The summed E-state index contributed by atoms with van der Waals surface area (Å²) >= 11 is 6.44. The lowest BCUT2D eigenvalue weighted by Crippen LogP contribution is -2.36. The topological polar surface area (TPSA) is 97.8 Å². The van der Waals surface area contributed by atoms with Gasteiger partial charge < -0.3 is 29.7 Å². The number of hydrogen-bond donors (Lipinski definition) is 2. The highest BCUT2D eigenvalue weighted by Crippen LogP contribution is 2.40. The number of carbonyl (C=O) groups excluding carboxylic acids is 1. The van der Waals surface area contributed by atoms with Crippen LogP contribution in [0.3, 0.4) is 0 Å². The Hall–Kier alpha value is -3.61. The minimum Gasteiger partial charge on any atom is -0.495 e. The van der Waals surface area contributed by atoms with E-state index in [1.807, 2.05) is 14.0 Å². The van der Waals surface area contributed by atoms with Gasteiger partial charge in [-0.05, 0) is 62.7 Å². The second kappa shape index (κ2) is 11.7. The number of aromatic nitrogens is 2. The molecule has 13 heteroatoms. The van der Waals surface area contributed by atoms with Gasteiger partial charge in [0, 0.05) is 24.3 Å². The molecule has 1 atom stereocenters. The Balaban J connectivity index is 1.44. The highest BCUT2D eigenvalue weighted by molar-refractivity contribution is 6.34. The number of halogens is 4. The number of benzene rings is 2. The number of ether oxygens (including phenoxy) is 3. The van der Waals surface area contributed by atoms with Gasteiger partial charge in [0.15, 0.2) is 0 Å². The molecular formula is C28H29ClF3N5O4. The van der Waals surface area contributed by atoms with Gasteiger partial charge in [-0.2, -0.15) is 18.2 Å². The molecule has 2 N–H and O–H groups in total. The van der Waals surface area contributed by atoms with Gasteiger partial charge in [-0.3, -0.25) is 4.79 Å². The van der Waals surface area contributed by atoms with Gasteiger partial charge in [0.05, 0.1) is 36.6 Å². The van der Waals surface area contributed by atoms with Gasteiger partial charge in [-0.15, -0.1) is 0 Å². The number of likely N-dealkylation sites (tertiary alicyclic amines) is 1. The first-order chi connectivity index (χ1) is 19.5. The van der Waals surface area contributed by atoms with E-state index in [0.29, 0.717) is 24.8 Å². The van der Waals surface area contributed by atoms with E-state index in [-0.39, 0.29) is 52.3 Å². The smallest absolute Gasteiger partial charge is 0.423 e. The number of alkyl halides is 3. The lowest BCUT2D eigenvalue weighted by molar-refractivity contribution is -0.139. The van der Waals surface area contributed by atoms with Crippen molar-refractivity contribution in [3.8, 4) is 17.4 Å². The van der Waals surface area contributed by atoms with Crippen LogP contribution in [-0.4, -0.2) is 60.7 Å². The molecule has 2 aliphatic heterocycles. The zero-order chi connectivity index (χ0) is 29.3. The third kappa shape index (κ3) is 6.34. The molecule has 5 rings (SSSR count). The van der Waals surface area contributed by atoms with Crippen molar-refractivity contribution in [2.24, 2.45) is 0 Å². The van der Waals surface area contributed by atoms with Crippen LogP contribution in [0.1, 0.15) is 39.0 Å². The van der Waals surface area contributed by atoms with Crippen molar-refractivity contribution in [2.45, 2.75) is 38.6 Å². The Morgan fingerprint density at radius 1 is 1.22 bits per heavy atom. The van der Waals surface area contributed by atoms with Crippen LogP contribution in [0.25, 0.3) is 0 Å². The minimum absolute atomic E-state index is 0.00275. The van der Waals surface area contributed by atoms with E-state index in [9.17, 15) is 18.0 Å². The molecule has 0 saturated carbocycles. The van der Waals surface area contributed by atoms with Gasteiger partial charge in [-0.25, -0.2) is 4.98 Å². The first-order valence-corrected chi connectivity index (χ1v) is 13.4. The van der Waals surface area contributed by atoms with Crippen molar-refractivity contribution >= 4 is 29.1 Å². The highest BCUT2D eigenvalue weighted by atomic mass is 35.5. The maximum atomic E-state index is 13.9. The zero-order valence-electron chi connectivity index (χ0n) is 22.7. The van der Waals surface area contributed by atoms with Crippen LogP contribution in [0.5, 0.6) is 17.4 Å². The summed E-state index contributed by atoms with van der Waals surface area (Å²) in [5, 5.41) is 5.93. The molecule has 218 valence electrons. The molecule has 0 unspecified atom stereocenters. The summed E-state index contributed by atoms with van der Waals surface area (Å²) < 4.78 is 58.4. The van der Waals surface area contributed by atoms with Crippen LogP contribution >= 0.6 is 11.6 Å². The number of fused-ring (bicyclic) bond motifs is 1. The molecule has 1 saturated heterocycles. The average molecular weight is 592 g/mol. The fraction of sp³-hybridized carbons (Fsp3) is 0.393. The van der Waals surface area contributed by atoms with E-state index < -0.39 is 17.6 Å². The van der Waals surface area contributed by atoms with E-state index >= 15 is 0 Å². The number of amides is 1. The summed E-state index contributed by atoms with van der Waals surface area (Å²) in [7, 11) is 3.37. The van der Waals surface area contributed by atoms with Gasteiger partial charge in [0.1, 0.15) is 17.1 Å². The molecule has 9 nitrogen and oxygen atoms in total. The number of nitrogens with zero attached hydrogens (tertiary/aromatic N) is 3. The second-order valence-corrected chi connectivity index (χ2v) is 10.4. The molecule has 0 bridgehead atoms. The Bertz CT molecular complexity index is 1470. The summed E-state index contributed by atoms with van der Waals surface area (Å²) in [5.41, 5.74) is 1.99. The number of hydrogen-bond acceptors (Lipinski definition) is 8. The third-order valence-electron chi connectivity index (χ3n) is 7.14. The molecule has 1 aromatic heterocycles. The van der Waals surface area contributed by atoms with Gasteiger partial charge in [0.2, 0.25) is 11.8 Å². The monoisotopic (exact) mass is 591 g/mol. The molecule has 3 heterocycles. The van der Waals surface area contributed by atoms with Crippen molar-refractivity contribution in [1.82, 2.24) is 20.2 Å². The summed E-state index contributed by atoms with van der Waals surface area (Å²) in [6, 6.07) is 6.29. The molecule has 0 spiro atoms. The lowest BCUT2D eigenvalue weighted by atomic mass is 9.97. The van der Waals surface area contributed by atoms with E-state index in [2.05, 4.69) is 25.5 Å². The molecule has 0 radical (unpaired) electrons. The van der Waals surface area contributed by atoms with E-state index in [0.717, 1.165) is 30.6 Å². The molecule has 1 amide bonds. The highest BCUT2D eigenvalue weighted by Gasteiger charge is 2.37. The number of carbonyl (C=O) groups is 1. The predicted molar refractivity (Wildman–Crippen MR) is 146 cm³/mol. The summed E-state index contributed by atoms with van der Waals surface area (Å²) in [6.07, 6.45) is -2.66. The normalized spacial score (nSPS) is 17.2. The Labute approximate surface area is 240 Å². The van der Waals surface area contributed by atoms with Crippen LogP contribution in [-0.2, 0) is 23.9 Å². The van der Waals surface area contributed by atoms with E-state index in [1.54, 1.807) is 12.1 Å². The zero-order valence-corrected chi connectivity index (χ0v) is 23.4. The number of methoxy groups -OCH3 is 1. The Morgan fingerprint density at radius 3 is 2.73 bits per heavy atom. The standard InChI is InChI=1S/C28H29ClF3N5O4/c1-15-4-5-23(19-14-40-9-7-17(15)19)41-26-20(28(30,31)32)12-33-27(36-26)35-22-11-21(29)18(10-24(22)39-3)25(38)34-16-6-8-37(2)13-16/h4-5,10-12,16H,6-9,13-14H2,1-3H3,(H,34,38)(H,33,35,36)/t16-/m0/s1. The molecular weight excluding hydrogens is 563 g/mol. The number of nitrogens with one attached hydrogen (secondary N) is 2. The van der Waals surface area contributed by atoms with E-state index in [4.69, 9.17) is 25.8 Å². The van der Waals surface area contributed by atoms with Crippen LogP contribution in [0, 0.1) is 6.92 Å². The largest absolute Gasteiger partial charge is 0.495 e. The predicted octanol–water partition coefficient (Wildman–Crippen LogP) is 5.51. The van der Waals surface area contributed by atoms with Gasteiger partial charge in [0.25, 0.3) is 5.91 Å². The Morgan fingerprint density at radius 2 is 2.02 bits per heavy atom. The number of likely N-dealkylation sites (N-methyl/N-ethyl adjacent to an activating group) is 1. The van der Waals surface area contributed by atoms with Crippen LogP contribution in [0.4, 0.5) is 24.8 Å². The SMILES string of the molecule is COc1cc(C(=O)N[C@H]2CCN(C)C2)c(Cl)cc1Nc1ncc(C(F)(F)F)c(Oc2ccc(C)c3c2COCC3)n1. The second-order valence-electron chi connectivity index (χ2n) is 10.0. The van der Waals surface area contributed by atoms with Crippen molar-refractivity contribution in [1.29, 1.82) is 0 Å². The molecule has 3 aromatic rings. The third-order valence-corrected chi connectivity index (χ3v) is 7.45. The first kappa shape index (κ1) is 28.9. The summed E-state index contributed by atoms with van der Waals surface area (Å²) in [6.45, 7) is 4.28. The van der Waals surface area contributed by atoms with Crippen molar-refractivity contribution in [2.75, 3.05) is 39.2 Å². The lowest BCUT2D eigenvalue weighted by Gasteiger charge is -2.22. The van der Waals surface area contributed by atoms with Crippen LogP contribution in [0.15, 0.2) is 30.5 Å². The van der Waals surface area contributed by atoms with Crippen molar-refractivity contribution in [3.05, 3.63) is 63.3 Å². The quantitative estimate of drug-likeness (QED) is 0.371. The maximum Gasteiger partial charge on any atom is 0.423 e. The minimum atomic E-state index is -4.76. The van der Waals surface area contributed by atoms with Crippen LogP contribution in [0.2, 0.25) is 5.02 Å². The summed E-state index contributed by atoms with van der Waals surface area (Å²) in [4.78, 5) is 22.9. The molecule has 41 heavy (non-hydrogen) atoms.